The van der Waals surface area contributed by atoms with E-state index < -0.39 is 11.5 Å². The van der Waals surface area contributed by atoms with Gasteiger partial charge in [-0.3, -0.25) is 0 Å². The number of nitriles is 1. The molecule has 0 bridgehead atoms. The van der Waals surface area contributed by atoms with E-state index in [1.165, 1.54) is 5.56 Å². The number of benzene rings is 1. The molecule has 3 nitrogen and oxygen atoms in total. The molecule has 90 valence electrons. The fraction of sp³-hybridized carbons (Fsp3) is 0.500. The maximum Gasteiger partial charge on any atom is 0.113 e. The van der Waals surface area contributed by atoms with Gasteiger partial charge in [-0.1, -0.05) is 31.2 Å². The predicted molar refractivity (Wildman–Crippen MR) is 64.3 cm³/mol. The van der Waals surface area contributed by atoms with Crippen LogP contribution in [0.3, 0.4) is 0 Å². The van der Waals surface area contributed by atoms with Crippen LogP contribution in [0.2, 0.25) is 0 Å². The van der Waals surface area contributed by atoms with Crippen molar-refractivity contribution < 1.29 is 9.84 Å². The number of nitrogens with zero attached hydrogens (tertiary/aromatic N) is 1. The molecule has 1 fully saturated rings. The van der Waals surface area contributed by atoms with Crippen LogP contribution in [0.25, 0.3) is 0 Å². The van der Waals surface area contributed by atoms with Crippen LogP contribution in [-0.2, 0) is 11.2 Å². The van der Waals surface area contributed by atoms with Gasteiger partial charge in [0, 0.05) is 6.61 Å². The number of aryl methyl sites for hydroxylation is 1. The lowest BCUT2D eigenvalue weighted by Gasteiger charge is -2.25. The molecule has 0 saturated carbocycles. The van der Waals surface area contributed by atoms with Crippen molar-refractivity contribution in [2.75, 3.05) is 13.2 Å². The zero-order valence-corrected chi connectivity index (χ0v) is 10.0. The van der Waals surface area contributed by atoms with E-state index >= 15 is 0 Å². The highest BCUT2D eigenvalue weighted by atomic mass is 16.5. The number of aliphatic hydroxyl groups excluding tert-OH is 1. The minimum atomic E-state index is -0.770. The molecule has 0 aromatic heterocycles. The smallest absolute Gasteiger partial charge is 0.113 e. The minimum Gasteiger partial charge on any atom is -0.387 e. The molecule has 1 aliphatic heterocycles. The number of hydrogen-bond donors (Lipinski definition) is 1. The second kappa shape index (κ2) is 4.87. The molecule has 1 heterocycles. The predicted octanol–water partition coefficient (Wildman–Crippen LogP) is 2.21. The van der Waals surface area contributed by atoms with Crippen molar-refractivity contribution in [2.45, 2.75) is 25.9 Å². The molecular weight excluding hydrogens is 214 g/mol. The van der Waals surface area contributed by atoms with E-state index in [1.807, 2.05) is 24.3 Å². The zero-order chi connectivity index (χ0) is 12.3. The lowest BCUT2D eigenvalue weighted by molar-refractivity contribution is 0.0504. The molecule has 3 heteroatoms. The van der Waals surface area contributed by atoms with Crippen LogP contribution >= 0.6 is 0 Å². The Balaban J connectivity index is 2.23. The van der Waals surface area contributed by atoms with Crippen LogP contribution in [-0.4, -0.2) is 18.3 Å². The Hall–Kier alpha value is -1.37. The third kappa shape index (κ3) is 2.19. The van der Waals surface area contributed by atoms with Gasteiger partial charge in [0.2, 0.25) is 0 Å². The van der Waals surface area contributed by atoms with Gasteiger partial charge in [-0.05, 0) is 24.0 Å². The summed E-state index contributed by atoms with van der Waals surface area (Å²) in [6.07, 6.45) is 0.809. The molecule has 0 spiro atoms. The Morgan fingerprint density at radius 1 is 1.47 bits per heavy atom. The second-order valence-electron chi connectivity index (χ2n) is 4.57. The van der Waals surface area contributed by atoms with Crippen molar-refractivity contribution in [1.82, 2.24) is 0 Å². The molecule has 0 radical (unpaired) electrons. The van der Waals surface area contributed by atoms with Crippen LogP contribution in [0.5, 0.6) is 0 Å². The molecule has 1 saturated heterocycles. The van der Waals surface area contributed by atoms with Crippen molar-refractivity contribution in [3.05, 3.63) is 35.4 Å². The van der Waals surface area contributed by atoms with Gasteiger partial charge in [-0.2, -0.15) is 5.26 Å². The number of hydrogen-bond acceptors (Lipinski definition) is 3. The maximum atomic E-state index is 10.3. The van der Waals surface area contributed by atoms with Crippen molar-refractivity contribution >= 4 is 0 Å². The Kier molecular flexibility index (Phi) is 3.46. The van der Waals surface area contributed by atoms with Gasteiger partial charge in [0.05, 0.1) is 18.8 Å². The van der Waals surface area contributed by atoms with E-state index in [0.29, 0.717) is 19.6 Å². The first kappa shape index (κ1) is 12.1. The summed E-state index contributed by atoms with van der Waals surface area (Å²) < 4.78 is 5.26. The summed E-state index contributed by atoms with van der Waals surface area (Å²) in [5, 5.41) is 19.6. The first-order chi connectivity index (χ1) is 8.22. The van der Waals surface area contributed by atoms with Gasteiger partial charge in [0.25, 0.3) is 0 Å². The molecule has 0 aliphatic carbocycles. The quantitative estimate of drug-likeness (QED) is 0.867. The van der Waals surface area contributed by atoms with Crippen molar-refractivity contribution in [3.8, 4) is 6.07 Å². The van der Waals surface area contributed by atoms with Crippen LogP contribution in [0.15, 0.2) is 24.3 Å². The standard InChI is InChI=1S/C14H17NO2/c1-2-11-3-5-12(6-4-11)13(16)14(9-15)7-8-17-10-14/h3-6,13,16H,2,7-8,10H2,1H3. The van der Waals surface area contributed by atoms with Crippen LogP contribution in [0.4, 0.5) is 0 Å². The number of aliphatic hydroxyl groups is 1. The fourth-order valence-corrected chi connectivity index (χ4v) is 2.20. The van der Waals surface area contributed by atoms with E-state index in [4.69, 9.17) is 4.74 Å². The molecule has 1 aromatic carbocycles. The molecule has 17 heavy (non-hydrogen) atoms. The van der Waals surface area contributed by atoms with E-state index in [1.54, 1.807) is 0 Å². The first-order valence-electron chi connectivity index (χ1n) is 5.98. The summed E-state index contributed by atoms with van der Waals surface area (Å²) >= 11 is 0. The third-order valence-corrected chi connectivity index (χ3v) is 3.50. The first-order valence-corrected chi connectivity index (χ1v) is 5.98. The number of rotatable bonds is 3. The van der Waals surface area contributed by atoms with Crippen molar-refractivity contribution in [2.24, 2.45) is 5.41 Å². The van der Waals surface area contributed by atoms with Crippen LogP contribution in [0, 0.1) is 16.7 Å². The van der Waals surface area contributed by atoms with Crippen molar-refractivity contribution in [1.29, 1.82) is 5.26 Å². The van der Waals surface area contributed by atoms with Gasteiger partial charge < -0.3 is 9.84 Å². The monoisotopic (exact) mass is 231 g/mol. The Bertz CT molecular complexity index is 413. The molecule has 2 rings (SSSR count). The largest absolute Gasteiger partial charge is 0.387 e. The number of ether oxygens (including phenoxy) is 1. The van der Waals surface area contributed by atoms with Gasteiger partial charge in [-0.25, -0.2) is 0 Å². The lowest BCUT2D eigenvalue weighted by Crippen LogP contribution is -2.27. The maximum absolute atomic E-state index is 10.3. The summed E-state index contributed by atoms with van der Waals surface area (Å²) in [5.74, 6) is 0. The lowest BCUT2D eigenvalue weighted by atomic mass is 9.79. The summed E-state index contributed by atoms with van der Waals surface area (Å²) in [6, 6.07) is 10.0. The summed E-state index contributed by atoms with van der Waals surface area (Å²) in [6.45, 7) is 2.96. The van der Waals surface area contributed by atoms with Crippen molar-refractivity contribution in [3.63, 3.8) is 0 Å². The SMILES string of the molecule is CCc1ccc(C(O)C2(C#N)CCOC2)cc1. The Morgan fingerprint density at radius 3 is 2.65 bits per heavy atom. The van der Waals surface area contributed by atoms with Gasteiger partial charge in [0.15, 0.2) is 0 Å². The second-order valence-corrected chi connectivity index (χ2v) is 4.57. The van der Waals surface area contributed by atoms with E-state index in [9.17, 15) is 10.4 Å². The molecule has 2 atom stereocenters. The van der Waals surface area contributed by atoms with Gasteiger partial charge >= 0.3 is 0 Å². The Labute approximate surface area is 102 Å². The highest BCUT2D eigenvalue weighted by molar-refractivity contribution is 5.27. The fourth-order valence-electron chi connectivity index (χ4n) is 2.20. The molecule has 2 unspecified atom stereocenters. The highest BCUT2D eigenvalue weighted by Crippen LogP contribution is 2.40. The average Bonchev–Trinajstić information content (AvgIpc) is 2.88. The average molecular weight is 231 g/mol. The van der Waals surface area contributed by atoms with Crippen LogP contribution < -0.4 is 0 Å². The zero-order valence-electron chi connectivity index (χ0n) is 10.0. The normalized spacial score (nSPS) is 25.5. The molecule has 0 amide bonds. The molecule has 1 aliphatic rings. The van der Waals surface area contributed by atoms with E-state index in [-0.39, 0.29) is 0 Å². The van der Waals surface area contributed by atoms with Crippen LogP contribution in [0.1, 0.15) is 30.6 Å². The molecule has 1 aromatic rings. The van der Waals surface area contributed by atoms with E-state index in [2.05, 4.69) is 13.0 Å². The summed E-state index contributed by atoms with van der Waals surface area (Å²) in [4.78, 5) is 0. The van der Waals surface area contributed by atoms with E-state index in [0.717, 1.165) is 12.0 Å². The topological polar surface area (TPSA) is 53.2 Å². The molecule has 1 N–H and O–H groups in total. The highest BCUT2D eigenvalue weighted by Gasteiger charge is 2.42. The third-order valence-electron chi connectivity index (χ3n) is 3.50. The Morgan fingerprint density at radius 2 is 2.18 bits per heavy atom. The minimum absolute atomic E-state index is 0.320. The summed E-state index contributed by atoms with van der Waals surface area (Å²) in [5.41, 5.74) is 1.26. The molecular formula is C14H17NO2. The van der Waals surface area contributed by atoms with Gasteiger partial charge in [0.1, 0.15) is 5.41 Å². The summed E-state index contributed by atoms with van der Waals surface area (Å²) in [7, 11) is 0. The van der Waals surface area contributed by atoms with Gasteiger partial charge in [-0.15, -0.1) is 0 Å².